The van der Waals surface area contributed by atoms with Gasteiger partial charge in [0.25, 0.3) is 11.1 Å². The molecular weight excluding hydrogens is 339 g/mol. The fraction of sp³-hybridized carbons (Fsp3) is 0.0526. The fourth-order valence-electron chi connectivity index (χ4n) is 2.99. The summed E-state index contributed by atoms with van der Waals surface area (Å²) >= 11 is 0.860. The van der Waals surface area contributed by atoms with Crippen LogP contribution < -0.4 is 5.32 Å². The molecule has 1 fully saturated rings. The molecule has 124 valence electrons. The highest BCUT2D eigenvalue weighted by atomic mass is 32.2. The summed E-state index contributed by atoms with van der Waals surface area (Å²) in [5.74, 6) is -0.773. The SMILES string of the molecule is O=C1NC(=O)C(=C(Cc2ccccc2F)c2cccc3[nH]ccc23)S1. The van der Waals surface area contributed by atoms with Gasteiger partial charge in [-0.25, -0.2) is 4.39 Å². The molecule has 0 unspecified atom stereocenters. The van der Waals surface area contributed by atoms with Gasteiger partial charge in [-0.15, -0.1) is 0 Å². The van der Waals surface area contributed by atoms with E-state index in [1.807, 2.05) is 30.5 Å². The number of nitrogens with one attached hydrogen (secondary N) is 2. The molecule has 0 saturated carbocycles. The monoisotopic (exact) mass is 352 g/mol. The molecule has 25 heavy (non-hydrogen) atoms. The van der Waals surface area contributed by atoms with Gasteiger partial charge in [0.05, 0.1) is 4.91 Å². The number of hydrogen-bond donors (Lipinski definition) is 2. The first-order chi connectivity index (χ1) is 12.1. The van der Waals surface area contributed by atoms with Gasteiger partial charge in [0, 0.05) is 23.5 Å². The first kappa shape index (κ1) is 15.7. The minimum Gasteiger partial charge on any atom is -0.361 e. The van der Waals surface area contributed by atoms with Crippen molar-refractivity contribution in [1.29, 1.82) is 0 Å². The van der Waals surface area contributed by atoms with Crippen LogP contribution in [0.15, 0.2) is 59.6 Å². The van der Waals surface area contributed by atoms with Crippen molar-refractivity contribution in [3.05, 3.63) is 76.6 Å². The molecule has 6 heteroatoms. The van der Waals surface area contributed by atoms with Crippen LogP contribution in [0.3, 0.4) is 0 Å². The summed E-state index contributed by atoms with van der Waals surface area (Å²) in [4.78, 5) is 27.3. The summed E-state index contributed by atoms with van der Waals surface area (Å²) in [6, 6.07) is 14.0. The Balaban J connectivity index is 1.92. The lowest BCUT2D eigenvalue weighted by Crippen LogP contribution is -2.18. The van der Waals surface area contributed by atoms with Gasteiger partial charge in [-0.05, 0) is 46.7 Å². The van der Waals surface area contributed by atoms with Gasteiger partial charge in [-0.1, -0.05) is 30.3 Å². The molecule has 3 aromatic rings. The predicted molar refractivity (Wildman–Crippen MR) is 96.5 cm³/mol. The van der Waals surface area contributed by atoms with Gasteiger partial charge in [0.15, 0.2) is 0 Å². The van der Waals surface area contributed by atoms with Crippen molar-refractivity contribution in [3.63, 3.8) is 0 Å². The highest BCUT2D eigenvalue weighted by molar-refractivity contribution is 8.18. The normalized spacial score (nSPS) is 16.4. The average molecular weight is 352 g/mol. The predicted octanol–water partition coefficient (Wildman–Crippen LogP) is 4.24. The van der Waals surface area contributed by atoms with E-state index >= 15 is 0 Å². The molecular formula is C19H13FN2O2S. The molecule has 2 N–H and O–H groups in total. The summed E-state index contributed by atoms with van der Waals surface area (Å²) in [7, 11) is 0. The number of H-pyrrole nitrogens is 1. The molecule has 2 amide bonds. The molecule has 0 aliphatic carbocycles. The van der Waals surface area contributed by atoms with E-state index in [0.29, 0.717) is 16.0 Å². The van der Waals surface area contributed by atoms with Gasteiger partial charge in [-0.3, -0.25) is 14.9 Å². The van der Waals surface area contributed by atoms with Gasteiger partial charge < -0.3 is 4.98 Å². The van der Waals surface area contributed by atoms with Crippen molar-refractivity contribution in [2.45, 2.75) is 6.42 Å². The van der Waals surface area contributed by atoms with Gasteiger partial charge in [0.1, 0.15) is 5.82 Å². The van der Waals surface area contributed by atoms with Crippen molar-refractivity contribution in [1.82, 2.24) is 10.3 Å². The van der Waals surface area contributed by atoms with Crippen LogP contribution in [0.2, 0.25) is 0 Å². The zero-order valence-electron chi connectivity index (χ0n) is 13.0. The van der Waals surface area contributed by atoms with Crippen LogP contribution in [0, 0.1) is 5.82 Å². The van der Waals surface area contributed by atoms with E-state index in [1.54, 1.807) is 18.2 Å². The first-order valence-corrected chi connectivity index (χ1v) is 8.51. The molecule has 4 nitrogen and oxygen atoms in total. The molecule has 0 radical (unpaired) electrons. The lowest BCUT2D eigenvalue weighted by atomic mass is 9.94. The molecule has 1 aromatic heterocycles. The molecule has 1 aliphatic heterocycles. The quantitative estimate of drug-likeness (QED) is 0.693. The Hall–Kier alpha value is -2.86. The Morgan fingerprint density at radius 3 is 2.64 bits per heavy atom. The van der Waals surface area contributed by atoms with Crippen molar-refractivity contribution in [2.24, 2.45) is 0 Å². The molecule has 2 heterocycles. The highest BCUT2D eigenvalue weighted by Crippen LogP contribution is 2.37. The van der Waals surface area contributed by atoms with Crippen LogP contribution in [0.5, 0.6) is 0 Å². The molecule has 0 spiro atoms. The Labute approximate surface area is 147 Å². The molecule has 4 rings (SSSR count). The third kappa shape index (κ3) is 2.85. The van der Waals surface area contributed by atoms with Crippen LogP contribution in [0.25, 0.3) is 16.5 Å². The minimum absolute atomic E-state index is 0.222. The van der Waals surface area contributed by atoms with E-state index in [4.69, 9.17) is 0 Å². The molecule has 2 aromatic carbocycles. The number of carbonyl (C=O) groups excluding carboxylic acids is 2. The smallest absolute Gasteiger partial charge is 0.290 e. The number of aromatic amines is 1. The first-order valence-electron chi connectivity index (χ1n) is 7.69. The molecule has 1 saturated heterocycles. The van der Waals surface area contributed by atoms with Crippen molar-refractivity contribution >= 4 is 39.4 Å². The largest absolute Gasteiger partial charge is 0.361 e. The van der Waals surface area contributed by atoms with Gasteiger partial charge in [-0.2, -0.15) is 0 Å². The van der Waals surface area contributed by atoms with Gasteiger partial charge >= 0.3 is 0 Å². The fourth-order valence-corrected chi connectivity index (χ4v) is 3.77. The molecule has 0 bridgehead atoms. The van der Waals surface area contributed by atoms with E-state index in [1.165, 1.54) is 6.07 Å². The Kier molecular flexibility index (Phi) is 3.89. The van der Waals surface area contributed by atoms with Crippen LogP contribution in [0.4, 0.5) is 9.18 Å². The topological polar surface area (TPSA) is 62.0 Å². The number of carbonyl (C=O) groups is 2. The zero-order chi connectivity index (χ0) is 17.4. The number of allylic oxidation sites excluding steroid dienone is 1. The van der Waals surface area contributed by atoms with E-state index in [0.717, 1.165) is 28.2 Å². The zero-order valence-corrected chi connectivity index (χ0v) is 13.8. The van der Waals surface area contributed by atoms with Crippen LogP contribution in [-0.4, -0.2) is 16.1 Å². The second-order valence-electron chi connectivity index (χ2n) is 5.66. The highest BCUT2D eigenvalue weighted by Gasteiger charge is 2.30. The van der Waals surface area contributed by atoms with Crippen molar-refractivity contribution in [3.8, 4) is 0 Å². The Morgan fingerprint density at radius 1 is 1.04 bits per heavy atom. The maximum atomic E-state index is 14.2. The summed E-state index contributed by atoms with van der Waals surface area (Å²) in [6.07, 6.45) is 2.03. The second-order valence-corrected chi connectivity index (χ2v) is 6.65. The lowest BCUT2D eigenvalue weighted by Gasteiger charge is -2.12. The van der Waals surface area contributed by atoms with Crippen LogP contribution >= 0.6 is 11.8 Å². The molecule has 0 atom stereocenters. The minimum atomic E-state index is -0.436. The van der Waals surface area contributed by atoms with Crippen molar-refractivity contribution < 1.29 is 14.0 Å². The van der Waals surface area contributed by atoms with Crippen LogP contribution in [-0.2, 0) is 11.2 Å². The number of halogens is 1. The third-order valence-electron chi connectivity index (χ3n) is 4.14. The summed E-state index contributed by atoms with van der Waals surface area (Å²) < 4.78 is 14.2. The molecule has 1 aliphatic rings. The summed E-state index contributed by atoms with van der Waals surface area (Å²) in [5.41, 5.74) is 2.85. The lowest BCUT2D eigenvalue weighted by molar-refractivity contribution is -0.115. The average Bonchev–Trinajstić information content (AvgIpc) is 3.20. The number of imide groups is 1. The number of hydrogen-bond acceptors (Lipinski definition) is 3. The number of aromatic nitrogens is 1. The summed E-state index contributed by atoms with van der Waals surface area (Å²) in [6.45, 7) is 0. The number of benzene rings is 2. The van der Waals surface area contributed by atoms with E-state index in [9.17, 15) is 14.0 Å². The summed E-state index contributed by atoms with van der Waals surface area (Å²) in [5, 5.41) is 2.80. The third-order valence-corrected chi connectivity index (χ3v) is 5.06. The van der Waals surface area contributed by atoms with Gasteiger partial charge in [0.2, 0.25) is 0 Å². The number of thioether (sulfide) groups is 1. The Morgan fingerprint density at radius 2 is 1.88 bits per heavy atom. The second kappa shape index (κ2) is 6.22. The van der Waals surface area contributed by atoms with E-state index in [2.05, 4.69) is 10.3 Å². The maximum absolute atomic E-state index is 14.2. The van der Waals surface area contributed by atoms with E-state index < -0.39 is 11.1 Å². The maximum Gasteiger partial charge on any atom is 0.290 e. The Bertz CT molecular complexity index is 1040. The standard InChI is InChI=1S/C19H13FN2O2S/c20-15-6-2-1-4-11(15)10-14(17-18(23)22-19(24)25-17)12-5-3-7-16-13(12)8-9-21-16/h1-9,21H,10H2,(H,22,23,24). The van der Waals surface area contributed by atoms with Crippen LogP contribution in [0.1, 0.15) is 11.1 Å². The number of amides is 2. The van der Waals surface area contributed by atoms with E-state index in [-0.39, 0.29) is 12.2 Å². The number of rotatable bonds is 3. The van der Waals surface area contributed by atoms with Crippen molar-refractivity contribution in [2.75, 3.05) is 0 Å². The number of fused-ring (bicyclic) bond motifs is 1.